The lowest BCUT2D eigenvalue weighted by Crippen LogP contribution is -2.31. The highest BCUT2D eigenvalue weighted by molar-refractivity contribution is 7.89. The summed E-state index contributed by atoms with van der Waals surface area (Å²) in [5.41, 5.74) is 1.70. The van der Waals surface area contributed by atoms with Gasteiger partial charge in [0.2, 0.25) is 10.0 Å². The quantitative estimate of drug-likeness (QED) is 0.553. The molecule has 1 aromatic carbocycles. The van der Waals surface area contributed by atoms with Crippen molar-refractivity contribution in [2.45, 2.75) is 56.9 Å². The van der Waals surface area contributed by atoms with Crippen LogP contribution in [0.5, 0.6) is 0 Å². The Morgan fingerprint density at radius 1 is 1.06 bits per heavy atom. The van der Waals surface area contributed by atoms with Crippen LogP contribution in [0.2, 0.25) is 0 Å². The SMILES string of the molecule is CCCN1CCc2c(sc(NC(=O)c3ccc(S(=O)(=O)N4CCCCCC4)cc3)c2C(=O)OC)C1. The number of nitrogens with one attached hydrogen (secondary N) is 1. The Labute approximate surface area is 211 Å². The summed E-state index contributed by atoms with van der Waals surface area (Å²) < 4.78 is 32.6. The lowest BCUT2D eigenvalue weighted by atomic mass is 10.0. The second-order valence-electron chi connectivity index (χ2n) is 9.02. The van der Waals surface area contributed by atoms with E-state index in [0.29, 0.717) is 29.2 Å². The molecule has 0 saturated carbocycles. The molecule has 0 bridgehead atoms. The first kappa shape index (κ1) is 25.8. The maximum Gasteiger partial charge on any atom is 0.341 e. The largest absolute Gasteiger partial charge is 0.465 e. The highest BCUT2D eigenvalue weighted by atomic mass is 32.2. The fourth-order valence-electron chi connectivity index (χ4n) is 4.75. The van der Waals surface area contributed by atoms with E-state index in [2.05, 4.69) is 17.1 Å². The van der Waals surface area contributed by atoms with Crippen LogP contribution in [0.3, 0.4) is 0 Å². The molecule has 2 aliphatic heterocycles. The summed E-state index contributed by atoms with van der Waals surface area (Å²) >= 11 is 1.41. The van der Waals surface area contributed by atoms with Crippen molar-refractivity contribution >= 4 is 38.2 Å². The number of thiophene rings is 1. The number of hydrogen-bond acceptors (Lipinski definition) is 7. The fraction of sp³-hybridized carbons (Fsp3) is 0.520. The van der Waals surface area contributed by atoms with Gasteiger partial charge in [0.15, 0.2) is 0 Å². The van der Waals surface area contributed by atoms with Gasteiger partial charge in [-0.2, -0.15) is 4.31 Å². The zero-order valence-corrected chi connectivity index (χ0v) is 22.0. The zero-order valence-electron chi connectivity index (χ0n) is 20.3. The van der Waals surface area contributed by atoms with Gasteiger partial charge in [-0.1, -0.05) is 19.8 Å². The molecule has 0 radical (unpaired) electrons. The summed E-state index contributed by atoms with van der Waals surface area (Å²) in [6.45, 7) is 5.79. The number of carbonyl (C=O) groups excluding carboxylic acids is 2. The van der Waals surface area contributed by atoms with Gasteiger partial charge < -0.3 is 10.1 Å². The number of nitrogens with zero attached hydrogens (tertiary/aromatic N) is 2. The average molecular weight is 520 g/mol. The van der Waals surface area contributed by atoms with E-state index in [1.54, 1.807) is 0 Å². The lowest BCUT2D eigenvalue weighted by molar-refractivity contribution is 0.0600. The minimum atomic E-state index is -3.58. The number of amides is 1. The number of rotatable bonds is 7. The molecule has 2 aliphatic rings. The first-order chi connectivity index (χ1) is 16.8. The molecule has 0 aliphatic carbocycles. The number of hydrogen-bond donors (Lipinski definition) is 1. The van der Waals surface area contributed by atoms with Gasteiger partial charge in [-0.3, -0.25) is 9.69 Å². The molecular weight excluding hydrogens is 486 g/mol. The molecule has 1 saturated heterocycles. The van der Waals surface area contributed by atoms with Crippen LogP contribution < -0.4 is 5.32 Å². The fourth-order valence-corrected chi connectivity index (χ4v) is 7.54. The number of ether oxygens (including phenoxy) is 1. The Hall–Kier alpha value is -2.27. The molecular formula is C25H33N3O5S2. The van der Waals surface area contributed by atoms with Crippen molar-refractivity contribution in [1.29, 1.82) is 0 Å². The van der Waals surface area contributed by atoms with Crippen LogP contribution in [-0.2, 0) is 27.7 Å². The second-order valence-corrected chi connectivity index (χ2v) is 12.1. The predicted octanol–water partition coefficient (Wildman–Crippen LogP) is 4.12. The Morgan fingerprint density at radius 2 is 1.74 bits per heavy atom. The molecule has 4 rings (SSSR count). The van der Waals surface area contributed by atoms with Crippen molar-refractivity contribution in [3.63, 3.8) is 0 Å². The number of fused-ring (bicyclic) bond motifs is 1. The molecule has 0 atom stereocenters. The number of esters is 1. The van der Waals surface area contributed by atoms with Crippen LogP contribution in [0, 0.1) is 0 Å². The van der Waals surface area contributed by atoms with Crippen molar-refractivity contribution in [2.24, 2.45) is 0 Å². The first-order valence-electron chi connectivity index (χ1n) is 12.2. The van der Waals surface area contributed by atoms with Crippen molar-refractivity contribution in [1.82, 2.24) is 9.21 Å². The number of benzene rings is 1. The van der Waals surface area contributed by atoms with Gasteiger partial charge in [-0.05, 0) is 62.1 Å². The molecule has 1 amide bonds. The predicted molar refractivity (Wildman–Crippen MR) is 137 cm³/mol. The summed E-state index contributed by atoms with van der Waals surface area (Å²) in [7, 11) is -2.24. The van der Waals surface area contributed by atoms with E-state index in [4.69, 9.17) is 4.74 Å². The molecule has 1 fully saturated rings. The van der Waals surface area contributed by atoms with E-state index >= 15 is 0 Å². The highest BCUT2D eigenvalue weighted by Gasteiger charge is 2.30. The van der Waals surface area contributed by atoms with Crippen molar-refractivity contribution in [3.8, 4) is 0 Å². The average Bonchev–Trinajstić information content (AvgIpc) is 3.01. The van der Waals surface area contributed by atoms with Crippen LogP contribution >= 0.6 is 11.3 Å². The molecule has 1 aromatic heterocycles. The lowest BCUT2D eigenvalue weighted by Gasteiger charge is -2.26. The minimum absolute atomic E-state index is 0.189. The first-order valence-corrected chi connectivity index (χ1v) is 14.5. The number of carbonyl (C=O) groups is 2. The van der Waals surface area contributed by atoms with E-state index in [1.165, 1.54) is 47.0 Å². The zero-order chi connectivity index (χ0) is 25.0. The molecule has 2 aromatic rings. The van der Waals surface area contributed by atoms with Crippen molar-refractivity contribution in [2.75, 3.05) is 38.6 Å². The number of methoxy groups -OCH3 is 1. The molecule has 10 heteroatoms. The van der Waals surface area contributed by atoms with Crippen LogP contribution in [0.15, 0.2) is 29.2 Å². The van der Waals surface area contributed by atoms with Crippen LogP contribution in [-0.4, -0.2) is 62.8 Å². The van der Waals surface area contributed by atoms with Crippen molar-refractivity contribution in [3.05, 3.63) is 45.8 Å². The van der Waals surface area contributed by atoms with Gasteiger partial charge >= 0.3 is 5.97 Å². The van der Waals surface area contributed by atoms with Gasteiger partial charge in [0.25, 0.3) is 5.91 Å². The molecule has 1 N–H and O–H groups in total. The Balaban J connectivity index is 1.53. The summed E-state index contributed by atoms with van der Waals surface area (Å²) in [5.74, 6) is -0.849. The van der Waals surface area contributed by atoms with Gasteiger partial charge in [0.05, 0.1) is 17.6 Å². The molecule has 35 heavy (non-hydrogen) atoms. The van der Waals surface area contributed by atoms with E-state index in [-0.39, 0.29) is 4.90 Å². The topological polar surface area (TPSA) is 96.0 Å². The van der Waals surface area contributed by atoms with Crippen molar-refractivity contribution < 1.29 is 22.7 Å². The minimum Gasteiger partial charge on any atom is -0.465 e. The third kappa shape index (κ3) is 5.61. The monoisotopic (exact) mass is 519 g/mol. The van der Waals surface area contributed by atoms with E-state index in [1.807, 2.05) is 0 Å². The van der Waals surface area contributed by atoms with Gasteiger partial charge in [0, 0.05) is 36.6 Å². The highest BCUT2D eigenvalue weighted by Crippen LogP contribution is 2.38. The number of sulfonamides is 1. The maximum absolute atomic E-state index is 13.0. The molecule has 3 heterocycles. The Morgan fingerprint density at radius 3 is 2.37 bits per heavy atom. The second kappa shape index (κ2) is 11.2. The van der Waals surface area contributed by atoms with Gasteiger partial charge in [0.1, 0.15) is 5.00 Å². The number of anilines is 1. The standard InChI is InChI=1S/C25H33N3O5S2/c1-3-13-27-16-12-20-21(17-27)34-24(22(20)25(30)33-2)26-23(29)18-8-10-19(11-9-18)35(31,32)28-14-6-4-5-7-15-28/h8-11H,3-7,12-17H2,1-2H3,(H,26,29). The molecule has 8 nitrogen and oxygen atoms in total. The van der Waals surface area contributed by atoms with Crippen LogP contribution in [0.1, 0.15) is 70.2 Å². The third-order valence-corrected chi connectivity index (χ3v) is 9.66. The van der Waals surface area contributed by atoms with E-state index in [9.17, 15) is 18.0 Å². The third-order valence-electron chi connectivity index (χ3n) is 6.61. The van der Waals surface area contributed by atoms with Crippen LogP contribution in [0.25, 0.3) is 0 Å². The normalized spacial score (nSPS) is 17.4. The molecule has 0 unspecified atom stereocenters. The Kier molecular flexibility index (Phi) is 8.26. The summed E-state index contributed by atoms with van der Waals surface area (Å²) in [6, 6.07) is 6.01. The van der Waals surface area contributed by atoms with Crippen LogP contribution in [0.4, 0.5) is 5.00 Å². The maximum atomic E-state index is 13.0. The van der Waals surface area contributed by atoms with Gasteiger partial charge in [-0.15, -0.1) is 11.3 Å². The van der Waals surface area contributed by atoms with E-state index in [0.717, 1.165) is 68.6 Å². The summed E-state index contributed by atoms with van der Waals surface area (Å²) in [5, 5.41) is 3.35. The summed E-state index contributed by atoms with van der Waals surface area (Å²) in [6.07, 6.45) is 5.60. The smallest absolute Gasteiger partial charge is 0.341 e. The summed E-state index contributed by atoms with van der Waals surface area (Å²) in [4.78, 5) is 29.2. The molecule has 190 valence electrons. The van der Waals surface area contributed by atoms with Gasteiger partial charge in [-0.25, -0.2) is 13.2 Å². The Bertz CT molecular complexity index is 1170. The molecule has 0 spiro atoms. The van der Waals surface area contributed by atoms with E-state index < -0.39 is 21.9 Å².